The van der Waals surface area contributed by atoms with Crippen molar-refractivity contribution in [3.8, 4) is 0 Å². The third-order valence-electron chi connectivity index (χ3n) is 3.61. The fourth-order valence-corrected chi connectivity index (χ4v) is 2.45. The number of aromatic carboxylic acids is 1. The van der Waals surface area contributed by atoms with Crippen molar-refractivity contribution >= 4 is 23.3 Å². The molecule has 0 aromatic heterocycles. The van der Waals surface area contributed by atoms with E-state index in [0.29, 0.717) is 31.6 Å². The minimum atomic E-state index is -1.24. The van der Waals surface area contributed by atoms with Gasteiger partial charge in [0, 0.05) is 25.2 Å². The Kier molecular flexibility index (Phi) is 4.06. The molecule has 0 unspecified atom stereocenters. The van der Waals surface area contributed by atoms with Gasteiger partial charge >= 0.3 is 11.9 Å². The number of hydrogen-bond acceptors (Lipinski definition) is 5. The number of rotatable bonds is 4. The highest BCUT2D eigenvalue weighted by molar-refractivity contribution is 5.95. The Hall–Kier alpha value is -2.64. The number of benzene rings is 1. The average Bonchev–Trinajstić information content (AvgIpc) is 2.46. The number of non-ortho nitro benzene ring substituents is 1. The lowest BCUT2D eigenvalue weighted by Gasteiger charge is -2.32. The maximum atomic E-state index is 11.3. The average molecular weight is 294 g/mol. The smallest absolute Gasteiger partial charge is 0.338 e. The van der Waals surface area contributed by atoms with Gasteiger partial charge in [-0.1, -0.05) is 0 Å². The number of nitro groups is 1. The Balaban J connectivity index is 2.26. The van der Waals surface area contributed by atoms with Crippen molar-refractivity contribution in [2.45, 2.75) is 12.8 Å². The number of nitro benzene ring substituents is 1. The fourth-order valence-electron chi connectivity index (χ4n) is 2.45. The van der Waals surface area contributed by atoms with Crippen molar-refractivity contribution in [2.24, 2.45) is 5.92 Å². The molecule has 1 aromatic carbocycles. The molecule has 2 N–H and O–H groups in total. The molecule has 0 spiro atoms. The summed E-state index contributed by atoms with van der Waals surface area (Å²) in [6.07, 6.45) is 0.844. The molecule has 0 aliphatic carbocycles. The van der Waals surface area contributed by atoms with Crippen LogP contribution in [-0.4, -0.2) is 40.2 Å². The quantitative estimate of drug-likeness (QED) is 0.638. The summed E-state index contributed by atoms with van der Waals surface area (Å²) in [7, 11) is 0. The summed E-state index contributed by atoms with van der Waals surface area (Å²) in [6.45, 7) is 0.824. The minimum absolute atomic E-state index is 0.141. The number of carboxylic acid groups (broad SMARTS) is 2. The number of carbonyl (C=O) groups is 2. The van der Waals surface area contributed by atoms with Crippen LogP contribution in [-0.2, 0) is 4.79 Å². The molecule has 1 aromatic rings. The highest BCUT2D eigenvalue weighted by Crippen LogP contribution is 2.29. The molecule has 2 rings (SSSR count). The first-order chi connectivity index (χ1) is 9.90. The molecule has 0 radical (unpaired) electrons. The van der Waals surface area contributed by atoms with E-state index in [1.165, 1.54) is 12.1 Å². The first kappa shape index (κ1) is 14.8. The molecule has 1 saturated heterocycles. The first-order valence-corrected chi connectivity index (χ1v) is 6.39. The van der Waals surface area contributed by atoms with Crippen LogP contribution in [0.4, 0.5) is 11.4 Å². The minimum Gasteiger partial charge on any atom is -0.481 e. The molecule has 8 nitrogen and oxygen atoms in total. The van der Waals surface area contributed by atoms with Crippen LogP contribution in [0.1, 0.15) is 23.2 Å². The van der Waals surface area contributed by atoms with Gasteiger partial charge in [0.05, 0.1) is 22.1 Å². The van der Waals surface area contributed by atoms with E-state index in [0.717, 1.165) is 6.07 Å². The normalized spacial score (nSPS) is 15.7. The maximum Gasteiger partial charge on any atom is 0.338 e. The Morgan fingerprint density at radius 3 is 2.33 bits per heavy atom. The van der Waals surface area contributed by atoms with Crippen LogP contribution in [0.5, 0.6) is 0 Å². The summed E-state index contributed by atoms with van der Waals surface area (Å²) < 4.78 is 0. The standard InChI is InChI=1S/C13H14N2O6/c16-12(17)8-3-5-14(6-4-8)11-2-1-9(15(20)21)7-10(11)13(18)19/h1-2,7-8H,3-6H2,(H,16,17)(H,18,19). The number of aliphatic carboxylic acids is 1. The zero-order chi connectivity index (χ0) is 15.6. The van der Waals surface area contributed by atoms with E-state index in [1.54, 1.807) is 4.90 Å². The van der Waals surface area contributed by atoms with E-state index < -0.39 is 22.8 Å². The van der Waals surface area contributed by atoms with Crippen LogP contribution >= 0.6 is 0 Å². The number of carboxylic acids is 2. The van der Waals surface area contributed by atoms with Gasteiger partial charge in [0.15, 0.2) is 0 Å². The van der Waals surface area contributed by atoms with Crippen LogP contribution in [0.3, 0.4) is 0 Å². The van der Waals surface area contributed by atoms with Gasteiger partial charge in [-0.15, -0.1) is 0 Å². The monoisotopic (exact) mass is 294 g/mol. The van der Waals surface area contributed by atoms with Crippen LogP contribution in [0.25, 0.3) is 0 Å². The van der Waals surface area contributed by atoms with Gasteiger partial charge in [-0.05, 0) is 18.9 Å². The van der Waals surface area contributed by atoms with Crippen LogP contribution in [0.15, 0.2) is 18.2 Å². The summed E-state index contributed by atoms with van der Waals surface area (Å²) in [6, 6.07) is 3.69. The van der Waals surface area contributed by atoms with Crippen molar-refractivity contribution in [3.63, 3.8) is 0 Å². The molecule has 0 bridgehead atoms. The number of piperidine rings is 1. The summed E-state index contributed by atoms with van der Waals surface area (Å²) in [5.41, 5.74) is -0.0357. The summed E-state index contributed by atoms with van der Waals surface area (Å²) >= 11 is 0. The summed E-state index contributed by atoms with van der Waals surface area (Å²) in [5.74, 6) is -2.52. The first-order valence-electron chi connectivity index (χ1n) is 6.39. The lowest BCUT2D eigenvalue weighted by atomic mass is 9.96. The lowest BCUT2D eigenvalue weighted by molar-refractivity contribution is -0.384. The molecule has 0 amide bonds. The zero-order valence-electron chi connectivity index (χ0n) is 11.1. The largest absolute Gasteiger partial charge is 0.481 e. The SMILES string of the molecule is O=C(O)c1cc([N+](=O)[O-])ccc1N1CCC(C(=O)O)CC1. The van der Waals surface area contributed by atoms with Crippen LogP contribution < -0.4 is 4.90 Å². The van der Waals surface area contributed by atoms with Crippen LogP contribution in [0, 0.1) is 16.0 Å². The Bertz CT molecular complexity index is 592. The molecule has 1 aliphatic heterocycles. The molecule has 1 aliphatic rings. The number of hydrogen-bond donors (Lipinski definition) is 2. The van der Waals surface area contributed by atoms with Crippen molar-refractivity contribution in [3.05, 3.63) is 33.9 Å². The molecule has 1 fully saturated rings. The topological polar surface area (TPSA) is 121 Å². The molecular weight excluding hydrogens is 280 g/mol. The van der Waals surface area contributed by atoms with E-state index in [2.05, 4.69) is 0 Å². The molecule has 1 heterocycles. The molecule has 112 valence electrons. The second-order valence-corrected chi connectivity index (χ2v) is 4.86. The predicted molar refractivity (Wildman–Crippen MR) is 72.6 cm³/mol. The number of nitrogens with zero attached hydrogens (tertiary/aromatic N) is 2. The second kappa shape index (κ2) is 5.78. The van der Waals surface area contributed by atoms with Crippen molar-refractivity contribution in [1.82, 2.24) is 0 Å². The maximum absolute atomic E-state index is 11.3. The van der Waals surface area contributed by atoms with E-state index in [1.807, 2.05) is 0 Å². The molecule has 8 heteroatoms. The fraction of sp³-hybridized carbons (Fsp3) is 0.385. The Morgan fingerprint density at radius 2 is 1.86 bits per heavy atom. The molecule has 21 heavy (non-hydrogen) atoms. The highest BCUT2D eigenvalue weighted by atomic mass is 16.6. The van der Waals surface area contributed by atoms with E-state index in [4.69, 9.17) is 5.11 Å². The zero-order valence-corrected chi connectivity index (χ0v) is 11.1. The van der Waals surface area contributed by atoms with Crippen molar-refractivity contribution in [2.75, 3.05) is 18.0 Å². The third-order valence-corrected chi connectivity index (χ3v) is 3.61. The number of anilines is 1. The highest BCUT2D eigenvalue weighted by Gasteiger charge is 2.27. The van der Waals surface area contributed by atoms with Gasteiger partial charge in [-0.3, -0.25) is 14.9 Å². The second-order valence-electron chi connectivity index (χ2n) is 4.86. The molecule has 0 atom stereocenters. The van der Waals surface area contributed by atoms with E-state index in [-0.39, 0.29) is 11.3 Å². The van der Waals surface area contributed by atoms with Gasteiger partial charge in [-0.2, -0.15) is 0 Å². The third kappa shape index (κ3) is 3.10. The van der Waals surface area contributed by atoms with Crippen molar-refractivity contribution in [1.29, 1.82) is 0 Å². The summed E-state index contributed by atoms with van der Waals surface area (Å²) in [5, 5.41) is 28.9. The van der Waals surface area contributed by atoms with E-state index >= 15 is 0 Å². The molecule has 0 saturated carbocycles. The van der Waals surface area contributed by atoms with Gasteiger partial charge in [0.2, 0.25) is 0 Å². The van der Waals surface area contributed by atoms with Crippen LogP contribution in [0.2, 0.25) is 0 Å². The van der Waals surface area contributed by atoms with Gasteiger partial charge < -0.3 is 15.1 Å². The Morgan fingerprint density at radius 1 is 1.24 bits per heavy atom. The lowest BCUT2D eigenvalue weighted by Crippen LogP contribution is -2.37. The van der Waals surface area contributed by atoms with Crippen molar-refractivity contribution < 1.29 is 24.7 Å². The molecular formula is C13H14N2O6. The predicted octanol–water partition coefficient (Wildman–Crippen LogP) is 1.59. The van der Waals surface area contributed by atoms with E-state index in [9.17, 15) is 24.8 Å². The summed E-state index contributed by atoms with van der Waals surface area (Å²) in [4.78, 5) is 34.0. The van der Waals surface area contributed by atoms with Gasteiger partial charge in [0.25, 0.3) is 5.69 Å². The van der Waals surface area contributed by atoms with Gasteiger partial charge in [0.1, 0.15) is 0 Å². The Labute approximate surface area is 119 Å². The van der Waals surface area contributed by atoms with Gasteiger partial charge in [-0.25, -0.2) is 4.79 Å².